The minimum atomic E-state index is -0.559. The summed E-state index contributed by atoms with van der Waals surface area (Å²) in [5.41, 5.74) is 0.309. The van der Waals surface area contributed by atoms with Crippen LogP contribution in [-0.4, -0.2) is 24.4 Å². The van der Waals surface area contributed by atoms with Gasteiger partial charge in [-0.1, -0.05) is 11.6 Å². The lowest BCUT2D eigenvalue weighted by Gasteiger charge is -2.18. The van der Waals surface area contributed by atoms with Gasteiger partial charge in [-0.2, -0.15) is 5.26 Å². The maximum atomic E-state index is 12.9. The van der Waals surface area contributed by atoms with Gasteiger partial charge < -0.3 is 4.90 Å². The van der Waals surface area contributed by atoms with E-state index in [9.17, 15) is 9.18 Å². The van der Waals surface area contributed by atoms with Gasteiger partial charge in [-0.05, 0) is 25.1 Å². The molecule has 0 saturated heterocycles. The molecule has 1 rings (SSSR count). The first-order valence-corrected chi connectivity index (χ1v) is 5.43. The highest BCUT2D eigenvalue weighted by molar-refractivity contribution is 6.31. The molecule has 0 aliphatic rings. The van der Waals surface area contributed by atoms with Gasteiger partial charge in [0.25, 0.3) is 5.91 Å². The quantitative estimate of drug-likeness (QED) is 0.832. The predicted octanol–water partition coefficient (Wildman–Crippen LogP) is 2.71. The summed E-state index contributed by atoms with van der Waals surface area (Å²) in [6.07, 6.45) is 0. The van der Waals surface area contributed by atoms with Crippen LogP contribution >= 0.6 is 11.6 Å². The molecule has 90 valence electrons. The standard InChI is InChI=1S/C12H12ClFN2O/c1-8(6-15)7-16(2)12(17)9-3-4-11(14)10(13)5-9/h3-5,8H,7H2,1-2H3. The second-order valence-corrected chi connectivity index (χ2v) is 4.25. The van der Waals surface area contributed by atoms with E-state index in [1.807, 2.05) is 6.07 Å². The van der Waals surface area contributed by atoms with Crippen LogP contribution in [0.25, 0.3) is 0 Å². The minimum absolute atomic E-state index is 0.0856. The number of carbonyl (C=O) groups is 1. The molecule has 0 aliphatic heterocycles. The topological polar surface area (TPSA) is 44.1 Å². The minimum Gasteiger partial charge on any atom is -0.340 e. The number of nitrogens with zero attached hydrogens (tertiary/aromatic N) is 2. The van der Waals surface area contributed by atoms with Gasteiger partial charge in [-0.15, -0.1) is 0 Å². The summed E-state index contributed by atoms with van der Waals surface area (Å²) in [4.78, 5) is 13.3. The van der Waals surface area contributed by atoms with E-state index in [2.05, 4.69) is 0 Å². The first-order chi connectivity index (χ1) is 7.95. The Kier molecular flexibility index (Phi) is 4.47. The molecule has 0 aromatic heterocycles. The van der Waals surface area contributed by atoms with Crippen LogP contribution in [0.3, 0.4) is 0 Å². The van der Waals surface area contributed by atoms with E-state index in [0.717, 1.165) is 6.07 Å². The van der Waals surface area contributed by atoms with E-state index < -0.39 is 5.82 Å². The van der Waals surface area contributed by atoms with Crippen LogP contribution < -0.4 is 0 Å². The molecule has 0 N–H and O–H groups in total. The highest BCUT2D eigenvalue weighted by Crippen LogP contribution is 2.17. The monoisotopic (exact) mass is 254 g/mol. The lowest BCUT2D eigenvalue weighted by atomic mass is 10.1. The van der Waals surface area contributed by atoms with Crippen molar-refractivity contribution in [3.8, 4) is 6.07 Å². The van der Waals surface area contributed by atoms with Crippen LogP contribution in [0.2, 0.25) is 5.02 Å². The molecule has 1 aromatic rings. The smallest absolute Gasteiger partial charge is 0.253 e. The highest BCUT2D eigenvalue weighted by Gasteiger charge is 2.15. The summed E-state index contributed by atoms with van der Waals surface area (Å²) < 4.78 is 12.9. The zero-order valence-corrected chi connectivity index (χ0v) is 10.3. The van der Waals surface area contributed by atoms with Crippen LogP contribution in [0, 0.1) is 23.1 Å². The lowest BCUT2D eigenvalue weighted by Crippen LogP contribution is -2.30. The number of hydrogen-bond donors (Lipinski definition) is 0. The average Bonchev–Trinajstić information content (AvgIpc) is 2.31. The number of halogens is 2. The van der Waals surface area contributed by atoms with Crippen molar-refractivity contribution in [2.45, 2.75) is 6.92 Å². The molecule has 0 heterocycles. The van der Waals surface area contributed by atoms with E-state index in [0.29, 0.717) is 12.1 Å². The Balaban J connectivity index is 2.82. The van der Waals surface area contributed by atoms with Gasteiger partial charge in [0.1, 0.15) is 5.82 Å². The van der Waals surface area contributed by atoms with Crippen molar-refractivity contribution in [2.24, 2.45) is 5.92 Å². The molecule has 0 fully saturated rings. The van der Waals surface area contributed by atoms with Gasteiger partial charge >= 0.3 is 0 Å². The summed E-state index contributed by atoms with van der Waals surface area (Å²) in [6.45, 7) is 2.05. The fraction of sp³-hybridized carbons (Fsp3) is 0.333. The normalized spacial score (nSPS) is 11.7. The summed E-state index contributed by atoms with van der Waals surface area (Å²) in [7, 11) is 1.59. The maximum absolute atomic E-state index is 12.9. The molecule has 0 aliphatic carbocycles. The molecular weight excluding hydrogens is 243 g/mol. The van der Waals surface area contributed by atoms with E-state index in [1.165, 1.54) is 17.0 Å². The number of carbonyl (C=O) groups excluding carboxylic acids is 1. The molecule has 17 heavy (non-hydrogen) atoms. The SMILES string of the molecule is CC(C#N)CN(C)C(=O)c1ccc(F)c(Cl)c1. The molecule has 3 nitrogen and oxygen atoms in total. The number of benzene rings is 1. The Morgan fingerprint density at radius 2 is 2.29 bits per heavy atom. The Labute approximate surface area is 104 Å². The van der Waals surface area contributed by atoms with Gasteiger partial charge in [0.05, 0.1) is 17.0 Å². The van der Waals surface area contributed by atoms with Crippen molar-refractivity contribution in [1.29, 1.82) is 5.26 Å². The third-order valence-electron chi connectivity index (χ3n) is 2.28. The van der Waals surface area contributed by atoms with Gasteiger partial charge in [0, 0.05) is 19.2 Å². The van der Waals surface area contributed by atoms with Gasteiger partial charge in [0.2, 0.25) is 0 Å². The molecule has 0 saturated carbocycles. The maximum Gasteiger partial charge on any atom is 0.253 e. The lowest BCUT2D eigenvalue weighted by molar-refractivity contribution is 0.0785. The summed E-state index contributed by atoms with van der Waals surface area (Å²) in [5.74, 6) is -1.09. The Bertz CT molecular complexity index is 470. The largest absolute Gasteiger partial charge is 0.340 e. The highest BCUT2D eigenvalue weighted by atomic mass is 35.5. The fourth-order valence-corrected chi connectivity index (χ4v) is 1.56. The number of hydrogen-bond acceptors (Lipinski definition) is 2. The third-order valence-corrected chi connectivity index (χ3v) is 2.57. The first-order valence-electron chi connectivity index (χ1n) is 5.06. The predicted molar refractivity (Wildman–Crippen MR) is 63.1 cm³/mol. The van der Waals surface area contributed by atoms with Crippen molar-refractivity contribution < 1.29 is 9.18 Å². The Morgan fingerprint density at radius 3 is 2.82 bits per heavy atom. The fourth-order valence-electron chi connectivity index (χ4n) is 1.38. The summed E-state index contributed by atoms with van der Waals surface area (Å²) in [6, 6.07) is 5.85. The molecular formula is C12H12ClFN2O. The van der Waals surface area contributed by atoms with Crippen LogP contribution in [0.5, 0.6) is 0 Å². The number of amides is 1. The van der Waals surface area contributed by atoms with E-state index in [4.69, 9.17) is 16.9 Å². The average molecular weight is 255 g/mol. The third kappa shape index (κ3) is 3.43. The van der Waals surface area contributed by atoms with Crippen LogP contribution in [0.15, 0.2) is 18.2 Å². The van der Waals surface area contributed by atoms with Crippen LogP contribution in [-0.2, 0) is 0 Å². The second kappa shape index (κ2) is 5.65. The molecule has 1 aromatic carbocycles. The molecule has 1 amide bonds. The molecule has 0 radical (unpaired) electrons. The summed E-state index contributed by atoms with van der Waals surface area (Å²) >= 11 is 5.60. The molecule has 1 atom stereocenters. The van der Waals surface area contributed by atoms with E-state index in [-0.39, 0.29) is 16.8 Å². The van der Waals surface area contributed by atoms with Gasteiger partial charge in [-0.3, -0.25) is 4.79 Å². The van der Waals surface area contributed by atoms with Crippen molar-refractivity contribution in [3.63, 3.8) is 0 Å². The van der Waals surface area contributed by atoms with E-state index in [1.54, 1.807) is 14.0 Å². The number of nitriles is 1. The van der Waals surface area contributed by atoms with Crippen molar-refractivity contribution in [2.75, 3.05) is 13.6 Å². The zero-order chi connectivity index (χ0) is 13.0. The van der Waals surface area contributed by atoms with Crippen molar-refractivity contribution >= 4 is 17.5 Å². The first kappa shape index (κ1) is 13.5. The molecule has 0 bridgehead atoms. The summed E-state index contributed by atoms with van der Waals surface area (Å²) in [5, 5.41) is 8.57. The Morgan fingerprint density at radius 1 is 1.65 bits per heavy atom. The zero-order valence-electron chi connectivity index (χ0n) is 9.58. The van der Waals surface area contributed by atoms with Crippen molar-refractivity contribution in [3.05, 3.63) is 34.6 Å². The Hall–Kier alpha value is -1.60. The second-order valence-electron chi connectivity index (χ2n) is 3.84. The van der Waals surface area contributed by atoms with Crippen molar-refractivity contribution in [1.82, 2.24) is 4.90 Å². The number of rotatable bonds is 3. The molecule has 0 spiro atoms. The molecule has 1 unspecified atom stereocenters. The van der Waals surface area contributed by atoms with Crippen LogP contribution in [0.1, 0.15) is 17.3 Å². The van der Waals surface area contributed by atoms with Gasteiger partial charge in [-0.25, -0.2) is 4.39 Å². The van der Waals surface area contributed by atoms with Gasteiger partial charge in [0.15, 0.2) is 0 Å². The molecule has 5 heteroatoms. The van der Waals surface area contributed by atoms with E-state index >= 15 is 0 Å². The van der Waals surface area contributed by atoms with Crippen LogP contribution in [0.4, 0.5) is 4.39 Å².